The summed E-state index contributed by atoms with van der Waals surface area (Å²) in [7, 11) is 1.59. The molecule has 0 fully saturated rings. The monoisotopic (exact) mass is 444 g/mol. The number of nitrogens with one attached hydrogen (secondary N) is 2. The van der Waals surface area contributed by atoms with Crippen LogP contribution in [-0.2, 0) is 14.9 Å². The van der Waals surface area contributed by atoms with Gasteiger partial charge in [-0.3, -0.25) is 9.59 Å². The minimum atomic E-state index is -0.507. The number of nitrogens with zero attached hydrogens (tertiary/aromatic N) is 2. The Kier molecular flexibility index (Phi) is 7.41. The average Bonchev–Trinajstić information content (AvgIpc) is 3.15. The molecule has 0 atom stereocenters. The van der Waals surface area contributed by atoms with Crippen LogP contribution >= 0.6 is 0 Å². The van der Waals surface area contributed by atoms with Gasteiger partial charge in [-0.1, -0.05) is 57.2 Å². The van der Waals surface area contributed by atoms with Crippen LogP contribution in [0.4, 0.5) is 0 Å². The van der Waals surface area contributed by atoms with E-state index in [1.165, 1.54) is 0 Å². The highest BCUT2D eigenvalue weighted by Crippen LogP contribution is 2.30. The Balaban J connectivity index is 1.87. The highest BCUT2D eigenvalue weighted by atomic mass is 16.5. The smallest absolute Gasteiger partial charge is 0.264 e. The molecule has 0 radical (unpaired) electrons. The number of benzene rings is 2. The highest BCUT2D eigenvalue weighted by Gasteiger charge is 2.27. The van der Waals surface area contributed by atoms with Crippen molar-refractivity contribution in [3.05, 3.63) is 76.4 Å². The summed E-state index contributed by atoms with van der Waals surface area (Å²) < 4.78 is 4.98. The van der Waals surface area contributed by atoms with Gasteiger partial charge in [0.25, 0.3) is 11.8 Å². The fourth-order valence-electron chi connectivity index (χ4n) is 3.43. The molecule has 0 saturated heterocycles. The Labute approximate surface area is 194 Å². The first kappa shape index (κ1) is 23.9. The van der Waals surface area contributed by atoms with E-state index in [2.05, 4.69) is 36.4 Å². The van der Waals surface area contributed by atoms with E-state index in [1.807, 2.05) is 24.3 Å². The summed E-state index contributed by atoms with van der Waals surface area (Å²) in [4.78, 5) is 30.0. The third-order valence-electron chi connectivity index (χ3n) is 5.29. The zero-order valence-corrected chi connectivity index (χ0v) is 19.4. The molecule has 33 heavy (non-hydrogen) atoms. The average molecular weight is 445 g/mol. The lowest BCUT2D eigenvalue weighted by Crippen LogP contribution is -2.30. The van der Waals surface area contributed by atoms with Crippen molar-refractivity contribution >= 4 is 23.3 Å². The Bertz CT molecular complexity index is 1150. The Morgan fingerprint density at radius 2 is 1.73 bits per heavy atom. The minimum Gasteiger partial charge on any atom is -0.385 e. The second-order valence-electron chi connectivity index (χ2n) is 8.73. The lowest BCUT2D eigenvalue weighted by Gasteiger charge is -2.19. The molecule has 2 aromatic rings. The fourth-order valence-corrected chi connectivity index (χ4v) is 3.43. The van der Waals surface area contributed by atoms with Gasteiger partial charge in [0.15, 0.2) is 0 Å². The Morgan fingerprint density at radius 3 is 2.33 bits per heavy atom. The van der Waals surface area contributed by atoms with Gasteiger partial charge in [0.2, 0.25) is 0 Å². The van der Waals surface area contributed by atoms with Crippen LogP contribution in [-0.4, -0.2) is 37.9 Å². The molecule has 2 N–H and O–H groups in total. The SMILES string of the molecule is COCCCNC(=O)C(C#N)=C1N=C(NC(=O)c2ccc(C(C)(C)C)cc2)c2ccccc21. The zero-order valence-electron chi connectivity index (χ0n) is 19.4. The molecule has 0 unspecified atom stereocenters. The largest absolute Gasteiger partial charge is 0.385 e. The van der Waals surface area contributed by atoms with Crippen molar-refractivity contribution < 1.29 is 14.3 Å². The molecular weight excluding hydrogens is 416 g/mol. The number of amides is 2. The summed E-state index contributed by atoms with van der Waals surface area (Å²) in [6.45, 7) is 7.22. The molecule has 7 heteroatoms. The Hall–Kier alpha value is -3.76. The molecule has 1 aliphatic heterocycles. The summed E-state index contributed by atoms with van der Waals surface area (Å²) in [5, 5.41) is 15.2. The van der Waals surface area contributed by atoms with Gasteiger partial charge in [-0.2, -0.15) is 5.26 Å². The predicted octanol–water partition coefficient (Wildman–Crippen LogP) is 3.56. The molecule has 7 nitrogen and oxygen atoms in total. The van der Waals surface area contributed by atoms with Crippen LogP contribution in [0, 0.1) is 11.3 Å². The second kappa shape index (κ2) is 10.2. The van der Waals surface area contributed by atoms with Gasteiger partial charge in [-0.25, -0.2) is 4.99 Å². The first-order chi connectivity index (χ1) is 15.8. The van der Waals surface area contributed by atoms with Crippen molar-refractivity contribution in [1.29, 1.82) is 5.26 Å². The van der Waals surface area contributed by atoms with Crippen LogP contribution in [0.25, 0.3) is 5.70 Å². The summed E-state index contributed by atoms with van der Waals surface area (Å²) in [6, 6.07) is 16.6. The van der Waals surface area contributed by atoms with Crippen LogP contribution in [0.3, 0.4) is 0 Å². The van der Waals surface area contributed by atoms with Crippen molar-refractivity contribution in [3.63, 3.8) is 0 Å². The third-order valence-corrected chi connectivity index (χ3v) is 5.29. The molecular formula is C26H28N4O3. The van der Waals surface area contributed by atoms with E-state index in [9.17, 15) is 14.9 Å². The normalized spacial score (nSPS) is 14.1. The van der Waals surface area contributed by atoms with Gasteiger partial charge >= 0.3 is 0 Å². The van der Waals surface area contributed by atoms with Crippen molar-refractivity contribution in [2.75, 3.05) is 20.3 Å². The number of carbonyl (C=O) groups excluding carboxylic acids is 2. The molecule has 170 valence electrons. The Morgan fingerprint density at radius 1 is 1.06 bits per heavy atom. The van der Waals surface area contributed by atoms with E-state index in [0.717, 1.165) is 5.56 Å². The summed E-state index contributed by atoms with van der Waals surface area (Å²) in [5.74, 6) is -0.509. The molecule has 2 aromatic carbocycles. The van der Waals surface area contributed by atoms with Crippen LogP contribution in [0.2, 0.25) is 0 Å². The molecule has 3 rings (SSSR count). The maximum absolute atomic E-state index is 12.9. The fraction of sp³-hybridized carbons (Fsp3) is 0.308. The maximum Gasteiger partial charge on any atom is 0.264 e. The molecule has 0 bridgehead atoms. The van der Waals surface area contributed by atoms with Crippen molar-refractivity contribution in [1.82, 2.24) is 10.6 Å². The summed E-state index contributed by atoms with van der Waals surface area (Å²) in [5.41, 5.74) is 3.04. The van der Waals surface area contributed by atoms with E-state index in [1.54, 1.807) is 37.4 Å². The van der Waals surface area contributed by atoms with Crippen LogP contribution in [0.15, 0.2) is 59.1 Å². The van der Waals surface area contributed by atoms with Gasteiger partial charge in [-0.15, -0.1) is 0 Å². The number of rotatable bonds is 6. The zero-order chi connectivity index (χ0) is 24.0. The van der Waals surface area contributed by atoms with E-state index in [4.69, 9.17) is 4.74 Å². The summed E-state index contributed by atoms with van der Waals surface area (Å²) >= 11 is 0. The molecule has 0 spiro atoms. The first-order valence-electron chi connectivity index (χ1n) is 10.8. The number of ether oxygens (including phenoxy) is 1. The quantitative estimate of drug-likeness (QED) is 0.404. The van der Waals surface area contributed by atoms with E-state index in [0.29, 0.717) is 42.1 Å². The van der Waals surface area contributed by atoms with Crippen molar-refractivity contribution in [2.45, 2.75) is 32.6 Å². The van der Waals surface area contributed by atoms with Crippen molar-refractivity contribution in [3.8, 4) is 6.07 Å². The lowest BCUT2D eigenvalue weighted by molar-refractivity contribution is -0.117. The van der Waals surface area contributed by atoms with E-state index >= 15 is 0 Å². The number of amidine groups is 1. The minimum absolute atomic E-state index is 0.0129. The van der Waals surface area contributed by atoms with Gasteiger partial charge in [0.1, 0.15) is 17.5 Å². The number of hydrogen-bond acceptors (Lipinski definition) is 5. The van der Waals surface area contributed by atoms with Gasteiger partial charge in [0.05, 0.1) is 5.70 Å². The van der Waals surface area contributed by atoms with Gasteiger partial charge in [-0.05, 0) is 29.5 Å². The maximum atomic E-state index is 12.9. The topological polar surface area (TPSA) is 104 Å². The lowest BCUT2D eigenvalue weighted by atomic mass is 9.87. The first-order valence-corrected chi connectivity index (χ1v) is 10.8. The molecule has 0 saturated carbocycles. The van der Waals surface area contributed by atoms with Gasteiger partial charge < -0.3 is 15.4 Å². The number of carbonyl (C=O) groups is 2. The van der Waals surface area contributed by atoms with Crippen molar-refractivity contribution in [2.24, 2.45) is 4.99 Å². The number of hydrogen-bond donors (Lipinski definition) is 2. The number of nitriles is 1. The van der Waals surface area contributed by atoms with E-state index < -0.39 is 5.91 Å². The van der Waals surface area contributed by atoms with Gasteiger partial charge in [0, 0.05) is 37.0 Å². The molecule has 1 aliphatic rings. The third kappa shape index (κ3) is 5.54. The predicted molar refractivity (Wildman–Crippen MR) is 128 cm³/mol. The second-order valence-corrected chi connectivity index (χ2v) is 8.73. The molecule has 2 amide bonds. The summed E-state index contributed by atoms with van der Waals surface area (Å²) in [6.07, 6.45) is 0.630. The van der Waals surface area contributed by atoms with E-state index in [-0.39, 0.29) is 22.6 Å². The number of methoxy groups -OCH3 is 1. The van der Waals surface area contributed by atoms with Crippen LogP contribution in [0.5, 0.6) is 0 Å². The molecule has 0 aliphatic carbocycles. The van der Waals surface area contributed by atoms with Crippen LogP contribution < -0.4 is 10.6 Å². The molecule has 1 heterocycles. The number of fused-ring (bicyclic) bond motifs is 1. The molecule has 0 aromatic heterocycles. The standard InChI is InChI=1S/C26H28N4O3/c1-26(2,3)18-12-10-17(11-13-18)24(31)30-23-20-9-6-5-8-19(20)22(29-23)21(16-27)25(32)28-14-7-15-33-4/h5-6,8-13H,7,14-15H2,1-4H3,(H,28,32)(H,29,30,31). The van der Waals surface area contributed by atoms with Crippen LogP contribution in [0.1, 0.15) is 54.2 Å². The number of aliphatic imine (C=N–C) groups is 1. The highest BCUT2D eigenvalue weighted by molar-refractivity contribution is 6.20.